The Kier molecular flexibility index (Phi) is 27.5. The second kappa shape index (κ2) is 36.3. The number of benzene rings is 8. The summed E-state index contributed by atoms with van der Waals surface area (Å²) >= 11 is 0. The maximum Gasteiger partial charge on any atom is 0.411 e. The van der Waals surface area contributed by atoms with E-state index < -0.39 is 22.4 Å². The Bertz CT molecular complexity index is 4720. The molecule has 3 aliphatic carbocycles. The number of hydrogen-bond acceptors (Lipinski definition) is 12. The minimum absolute atomic E-state index is 0. The molecule has 0 bridgehead atoms. The van der Waals surface area contributed by atoms with Crippen LogP contribution in [-0.2, 0) is 31.9 Å². The van der Waals surface area contributed by atoms with Crippen molar-refractivity contribution < 1.29 is 34.8 Å². The number of aldehydes is 1. The number of allylic oxidation sites excluding steroid dienone is 1. The van der Waals surface area contributed by atoms with Gasteiger partial charge in [0.05, 0.1) is 51.9 Å². The van der Waals surface area contributed by atoms with Gasteiger partial charge in [-0.1, -0.05) is 200 Å². The predicted molar refractivity (Wildman–Crippen MR) is 420 cm³/mol. The molecule has 4 fully saturated rings. The first-order valence-electron chi connectivity index (χ1n) is 36.2. The molecular formula is C85H102ClN9O10. The lowest BCUT2D eigenvalue weighted by atomic mass is 9.89. The van der Waals surface area contributed by atoms with Crippen molar-refractivity contribution in [1.29, 1.82) is 0 Å². The van der Waals surface area contributed by atoms with Crippen molar-refractivity contribution in [3.8, 4) is 0 Å². The molecule has 1 amide bonds. The zero-order valence-corrected chi connectivity index (χ0v) is 61.5. The number of carbonyl (C=O) groups is 2. The number of carbonyl (C=O) groups excluding carboxylic acids is 2. The van der Waals surface area contributed by atoms with Gasteiger partial charge < -0.3 is 56.1 Å². The summed E-state index contributed by atoms with van der Waals surface area (Å²) in [5.41, 5.74) is 13.2. The van der Waals surface area contributed by atoms with Crippen molar-refractivity contribution in [2.24, 2.45) is 5.73 Å². The smallest absolute Gasteiger partial charge is 0.411 e. The van der Waals surface area contributed by atoms with Crippen LogP contribution >= 0.6 is 12.4 Å². The summed E-state index contributed by atoms with van der Waals surface area (Å²) in [6.07, 6.45) is 11.7. The van der Waals surface area contributed by atoms with Crippen molar-refractivity contribution in [2.45, 2.75) is 170 Å². The second-order valence-corrected chi connectivity index (χ2v) is 28.7. The average molecular weight is 1450 g/mol. The van der Waals surface area contributed by atoms with Gasteiger partial charge in [-0.2, -0.15) is 0 Å². The van der Waals surface area contributed by atoms with Gasteiger partial charge in [0, 0.05) is 42.8 Å². The fraction of sp³-hybridized carbons (Fsp3) is 0.353. The molecule has 15 rings (SSSR count). The zero-order chi connectivity index (χ0) is 74.0. The number of hydrogen-bond donors (Lipinski definition) is 9. The highest BCUT2D eigenvalue weighted by atomic mass is 35.5. The highest BCUT2D eigenvalue weighted by Gasteiger charge is 2.46. The number of nitrogens with one attached hydrogen (secondary N) is 4. The molecule has 4 atom stereocenters. The number of cyclic esters (lactones) is 1. The molecule has 8 aromatic carbocycles. The van der Waals surface area contributed by atoms with E-state index in [9.17, 15) is 39.3 Å². The quantitative estimate of drug-likeness (QED) is 0.0460. The van der Waals surface area contributed by atoms with Gasteiger partial charge >= 0.3 is 23.2 Å². The lowest BCUT2D eigenvalue weighted by molar-refractivity contribution is -0.123. The SMILES string of the molecule is C=C(C)c1ccccc1.CC(O)(C=O)c1ccccc1.CC(O)(CNC1CCC(n2c(=O)[nH]c3ccccc32)CC1)c1ccccc1.CC(O)(CO)c1ccccc1.CC1(c2ccccc2)CN(C2CCC(n3c(=O)[nH]c4ccccc43)CC2)C(=O)O1.Cl.NC1CCC(n2c(=O)[nH]c3ccccc32)CC1. The van der Waals surface area contributed by atoms with Crippen LogP contribution in [0.1, 0.15) is 158 Å². The van der Waals surface area contributed by atoms with Gasteiger partial charge in [0.25, 0.3) is 0 Å². The fourth-order valence-corrected chi connectivity index (χ4v) is 14.4. The first-order chi connectivity index (χ1) is 50.0. The highest BCUT2D eigenvalue weighted by Crippen LogP contribution is 2.40. The van der Waals surface area contributed by atoms with E-state index >= 15 is 0 Å². The van der Waals surface area contributed by atoms with Crippen LogP contribution in [0.2, 0.25) is 0 Å². The van der Waals surface area contributed by atoms with E-state index in [0.717, 1.165) is 132 Å². The lowest BCUT2D eigenvalue weighted by Gasteiger charge is -2.34. The largest absolute Gasteiger partial charge is 0.436 e. The average Bonchev–Trinajstić information content (AvgIpc) is 1.63. The Balaban J connectivity index is 0.000000154. The Morgan fingerprint density at radius 1 is 0.514 bits per heavy atom. The number of halogens is 1. The van der Waals surface area contributed by atoms with Crippen LogP contribution in [0.3, 0.4) is 0 Å². The third-order valence-electron chi connectivity index (χ3n) is 20.6. The summed E-state index contributed by atoms with van der Waals surface area (Å²) in [6, 6.07) is 72.9. The van der Waals surface area contributed by atoms with Gasteiger partial charge in [0.2, 0.25) is 0 Å². The third-order valence-corrected chi connectivity index (χ3v) is 20.6. The number of aromatic amines is 3. The highest BCUT2D eigenvalue weighted by molar-refractivity contribution is 5.85. The summed E-state index contributed by atoms with van der Waals surface area (Å²) < 4.78 is 11.5. The van der Waals surface area contributed by atoms with Crippen LogP contribution in [0.25, 0.3) is 38.7 Å². The molecule has 105 heavy (non-hydrogen) atoms. The molecule has 19 nitrogen and oxygen atoms in total. The van der Waals surface area contributed by atoms with E-state index in [1.165, 1.54) is 12.5 Å². The Morgan fingerprint density at radius 3 is 1.25 bits per heavy atom. The molecule has 10 N–H and O–H groups in total. The van der Waals surface area contributed by atoms with Gasteiger partial charge in [-0.25, -0.2) is 19.2 Å². The number of aromatic nitrogens is 6. The number of nitrogens with zero attached hydrogens (tertiary/aromatic N) is 4. The molecule has 20 heteroatoms. The van der Waals surface area contributed by atoms with E-state index in [0.29, 0.717) is 43.1 Å². The third kappa shape index (κ3) is 20.2. The molecule has 554 valence electrons. The molecule has 4 heterocycles. The number of imidazole rings is 3. The molecule has 11 aromatic rings. The van der Waals surface area contributed by atoms with E-state index in [1.807, 2.05) is 215 Å². The number of nitrogens with two attached hydrogens (primary N) is 1. The number of amides is 1. The molecule has 1 aliphatic heterocycles. The maximum absolute atomic E-state index is 12.6. The van der Waals surface area contributed by atoms with Crippen molar-refractivity contribution in [3.05, 3.63) is 290 Å². The number of aliphatic hydroxyl groups is 4. The monoisotopic (exact) mass is 1440 g/mol. The number of para-hydroxylation sites is 6. The Morgan fingerprint density at radius 2 is 0.857 bits per heavy atom. The van der Waals surface area contributed by atoms with E-state index in [-0.39, 0.29) is 60.3 Å². The molecular weight excluding hydrogens is 1340 g/mol. The number of aliphatic hydroxyl groups excluding tert-OH is 1. The number of H-pyrrole nitrogens is 3. The van der Waals surface area contributed by atoms with Crippen LogP contribution < -0.4 is 28.1 Å². The normalized spacial score (nSPS) is 21.5. The summed E-state index contributed by atoms with van der Waals surface area (Å²) in [4.78, 5) is 70.6. The van der Waals surface area contributed by atoms with E-state index in [2.05, 4.69) is 39.0 Å². The summed E-state index contributed by atoms with van der Waals surface area (Å²) in [7, 11) is 0. The van der Waals surface area contributed by atoms with Crippen LogP contribution in [0.4, 0.5) is 4.79 Å². The van der Waals surface area contributed by atoms with Crippen LogP contribution in [0.15, 0.2) is 245 Å². The molecule has 4 unspecified atom stereocenters. The van der Waals surface area contributed by atoms with Gasteiger partial charge in [-0.15, -0.1) is 12.4 Å². The predicted octanol–water partition coefficient (Wildman–Crippen LogP) is 14.4. The maximum atomic E-state index is 12.6. The zero-order valence-electron chi connectivity index (χ0n) is 60.7. The van der Waals surface area contributed by atoms with E-state index in [4.69, 9.17) is 15.6 Å². The van der Waals surface area contributed by atoms with Gasteiger partial charge in [0.15, 0.2) is 11.9 Å². The molecule has 4 aliphatic rings. The van der Waals surface area contributed by atoms with Gasteiger partial charge in [-0.3, -0.25) is 18.5 Å². The summed E-state index contributed by atoms with van der Waals surface area (Å²) in [6.45, 7) is 13.6. The van der Waals surface area contributed by atoms with E-state index in [1.54, 1.807) is 43.3 Å². The molecule has 0 radical (unpaired) electrons. The Hall–Kier alpha value is -9.70. The molecule has 3 saturated carbocycles. The molecule has 0 spiro atoms. The minimum Gasteiger partial charge on any atom is -0.436 e. The Labute approximate surface area is 619 Å². The van der Waals surface area contributed by atoms with Gasteiger partial charge in [0.1, 0.15) is 11.2 Å². The van der Waals surface area contributed by atoms with Crippen molar-refractivity contribution in [1.82, 2.24) is 38.9 Å². The number of ether oxygens (including phenoxy) is 1. The topological polar surface area (TPSA) is 279 Å². The first kappa shape index (κ1) is 79.4. The van der Waals surface area contributed by atoms with Crippen LogP contribution in [0, 0.1) is 0 Å². The van der Waals surface area contributed by atoms with Gasteiger partial charge in [-0.05, 0) is 176 Å². The summed E-state index contributed by atoms with van der Waals surface area (Å²) in [5.74, 6) is 0. The molecule has 3 aromatic heterocycles. The standard InChI is InChI=1S/C23H25N3O3.C22H27N3O2.C13H17N3O.C9H12O2.C9H10O2.C9H10.ClH/c1-23(16-7-3-2-4-8-16)15-25(22(28)29-23)17-11-13-18(14-12-17)26-20-10-6-5-9-19(20)24-21(26)27;1-22(27,16-7-3-2-4-8-16)15-23-17-11-13-18(14-12-17)25-20-10-6-5-9-19(20)24-21(25)26;14-9-5-7-10(8-6-9)16-12-4-2-1-3-11(12)15-13(16)17;2*1-9(11,7-10)8-5-3-2-4-6-8;1-8(2)9-6-4-3-5-7-9;/h2-10,17-18H,11-15H2,1H3,(H,24,27);2-10,17-18,23,27H,11-15H2,1H3,(H,24,26);1-4,9-10H,5-8,14H2,(H,15,17);2-6,10-11H,7H2,1H3;2-7,11H,1H3;3-7H,1H2,2H3;1H. The lowest BCUT2D eigenvalue weighted by Crippen LogP contribution is -2.42. The van der Waals surface area contributed by atoms with Crippen molar-refractivity contribution in [3.63, 3.8) is 0 Å². The molecule has 1 saturated heterocycles. The van der Waals surface area contributed by atoms with Crippen molar-refractivity contribution in [2.75, 3.05) is 19.7 Å². The number of fused-ring (bicyclic) bond motifs is 3. The summed E-state index contributed by atoms with van der Waals surface area (Å²) in [5, 5.41) is 42.1. The second-order valence-electron chi connectivity index (χ2n) is 28.7. The first-order valence-corrected chi connectivity index (χ1v) is 36.2. The number of rotatable bonds is 14. The fourth-order valence-electron chi connectivity index (χ4n) is 14.4. The van der Waals surface area contributed by atoms with Crippen LogP contribution in [0.5, 0.6) is 0 Å². The van der Waals surface area contributed by atoms with Crippen molar-refractivity contribution >= 4 is 63.5 Å². The van der Waals surface area contributed by atoms with Crippen LogP contribution in [-0.4, -0.2) is 104 Å². The minimum atomic E-state index is -1.35.